The van der Waals surface area contributed by atoms with E-state index in [-0.39, 0.29) is 12.0 Å². The van der Waals surface area contributed by atoms with Crippen molar-refractivity contribution in [2.45, 2.75) is 32.8 Å². The fourth-order valence-corrected chi connectivity index (χ4v) is 5.63. The summed E-state index contributed by atoms with van der Waals surface area (Å²) in [6, 6.07) is 16.0. The second kappa shape index (κ2) is 10.4. The van der Waals surface area contributed by atoms with Gasteiger partial charge in [0.25, 0.3) is 5.91 Å². The van der Waals surface area contributed by atoms with Gasteiger partial charge in [-0.25, -0.2) is 4.68 Å². The van der Waals surface area contributed by atoms with Crippen LogP contribution >= 0.6 is 24.0 Å². The highest BCUT2D eigenvalue weighted by Crippen LogP contribution is 2.36. The SMILES string of the molecule is CCOc1ccc(-c2nn(-c3ccccc3)cc2/C=C2\SC(=S)N(CC3CCCO3)C2=O)c(C)c1. The molecule has 3 aromatic rings. The average Bonchev–Trinajstić information content (AvgIpc) is 3.58. The van der Waals surface area contributed by atoms with Gasteiger partial charge in [-0.1, -0.05) is 42.2 Å². The van der Waals surface area contributed by atoms with Crippen LogP contribution in [-0.2, 0) is 9.53 Å². The molecule has 0 bridgehead atoms. The molecule has 3 heterocycles. The number of carbonyl (C=O) groups is 1. The van der Waals surface area contributed by atoms with Crippen molar-refractivity contribution in [3.63, 3.8) is 0 Å². The number of ether oxygens (including phenoxy) is 2. The number of aryl methyl sites for hydroxylation is 1. The molecule has 2 aliphatic heterocycles. The molecule has 0 radical (unpaired) electrons. The molecule has 0 spiro atoms. The molecule has 6 nitrogen and oxygen atoms in total. The van der Waals surface area contributed by atoms with Crippen LogP contribution in [0.3, 0.4) is 0 Å². The lowest BCUT2D eigenvalue weighted by atomic mass is 10.0. The standard InChI is InChI=1S/C27H27N3O3S2/c1-3-32-21-11-12-23(18(2)14-21)25-19(16-30(28-25)20-8-5-4-6-9-20)15-24-26(31)29(27(34)35-24)17-22-10-7-13-33-22/h4-6,8-9,11-12,14-16,22H,3,7,10,13,17H2,1-2H3/b24-15-. The summed E-state index contributed by atoms with van der Waals surface area (Å²) in [7, 11) is 0. The Morgan fingerprint density at radius 2 is 2.09 bits per heavy atom. The normalized spacial score (nSPS) is 19.2. The number of aromatic nitrogens is 2. The maximum Gasteiger partial charge on any atom is 0.266 e. The lowest BCUT2D eigenvalue weighted by molar-refractivity contribution is -0.123. The Morgan fingerprint density at radius 1 is 1.26 bits per heavy atom. The van der Waals surface area contributed by atoms with Crippen molar-refractivity contribution in [2.75, 3.05) is 19.8 Å². The highest BCUT2D eigenvalue weighted by Gasteiger charge is 2.35. The molecule has 0 saturated carbocycles. The van der Waals surface area contributed by atoms with Crippen LogP contribution in [0.2, 0.25) is 0 Å². The number of amides is 1. The minimum atomic E-state index is -0.0719. The molecule has 2 fully saturated rings. The third-order valence-electron chi connectivity index (χ3n) is 6.10. The van der Waals surface area contributed by atoms with Crippen LogP contribution in [0.1, 0.15) is 30.9 Å². The van der Waals surface area contributed by atoms with E-state index in [0.29, 0.717) is 22.4 Å². The first kappa shape index (κ1) is 23.8. The van der Waals surface area contributed by atoms with Gasteiger partial charge in [-0.15, -0.1) is 0 Å². The molecule has 1 aromatic heterocycles. The van der Waals surface area contributed by atoms with Crippen molar-refractivity contribution in [1.82, 2.24) is 14.7 Å². The lowest BCUT2D eigenvalue weighted by Crippen LogP contribution is -2.35. The molecule has 8 heteroatoms. The second-order valence-corrected chi connectivity index (χ2v) is 10.2. The van der Waals surface area contributed by atoms with Crippen molar-refractivity contribution < 1.29 is 14.3 Å². The van der Waals surface area contributed by atoms with Gasteiger partial charge in [0.2, 0.25) is 0 Å². The average molecular weight is 506 g/mol. The van der Waals surface area contributed by atoms with Gasteiger partial charge in [-0.05, 0) is 68.7 Å². The Balaban J connectivity index is 1.53. The van der Waals surface area contributed by atoms with Gasteiger partial charge in [-0.3, -0.25) is 9.69 Å². The third-order valence-corrected chi connectivity index (χ3v) is 7.48. The highest BCUT2D eigenvalue weighted by atomic mass is 32.2. The van der Waals surface area contributed by atoms with E-state index in [0.717, 1.165) is 53.3 Å². The summed E-state index contributed by atoms with van der Waals surface area (Å²) in [4.78, 5) is 15.5. The summed E-state index contributed by atoms with van der Waals surface area (Å²) >= 11 is 6.89. The lowest BCUT2D eigenvalue weighted by Gasteiger charge is -2.18. The zero-order valence-electron chi connectivity index (χ0n) is 19.8. The molecule has 2 aliphatic rings. The summed E-state index contributed by atoms with van der Waals surface area (Å²) in [5, 5.41) is 4.92. The molecule has 0 N–H and O–H groups in total. The summed E-state index contributed by atoms with van der Waals surface area (Å²) in [6.45, 7) is 5.89. The molecule has 5 rings (SSSR count). The minimum Gasteiger partial charge on any atom is -0.494 e. The Labute approximate surface area is 214 Å². The van der Waals surface area contributed by atoms with Gasteiger partial charge < -0.3 is 9.47 Å². The number of benzene rings is 2. The maximum atomic E-state index is 13.3. The molecule has 1 unspecified atom stereocenters. The number of hydrogen-bond donors (Lipinski definition) is 0. The summed E-state index contributed by atoms with van der Waals surface area (Å²) in [5.41, 5.74) is 4.65. The van der Waals surface area contributed by atoms with Gasteiger partial charge in [-0.2, -0.15) is 5.10 Å². The molecular formula is C27H27N3O3S2. The molecule has 0 aliphatic carbocycles. The van der Waals surface area contributed by atoms with Gasteiger partial charge >= 0.3 is 0 Å². The number of thioether (sulfide) groups is 1. The number of carbonyl (C=O) groups excluding carboxylic acids is 1. The largest absolute Gasteiger partial charge is 0.494 e. The van der Waals surface area contributed by atoms with E-state index in [1.807, 2.05) is 79.3 Å². The maximum absolute atomic E-state index is 13.3. The molecule has 2 saturated heterocycles. The first-order chi connectivity index (χ1) is 17.0. The van der Waals surface area contributed by atoms with E-state index in [2.05, 4.69) is 0 Å². The van der Waals surface area contributed by atoms with Crippen molar-refractivity contribution in [1.29, 1.82) is 0 Å². The number of hydrogen-bond acceptors (Lipinski definition) is 6. The van der Waals surface area contributed by atoms with Crippen molar-refractivity contribution in [3.8, 4) is 22.7 Å². The van der Waals surface area contributed by atoms with Crippen LogP contribution in [-0.4, -0.2) is 50.8 Å². The Morgan fingerprint density at radius 3 is 2.80 bits per heavy atom. The van der Waals surface area contributed by atoms with Gasteiger partial charge in [0.15, 0.2) is 0 Å². The number of thiocarbonyl (C=S) groups is 1. The summed E-state index contributed by atoms with van der Waals surface area (Å²) in [6.07, 6.45) is 5.92. The van der Waals surface area contributed by atoms with Crippen molar-refractivity contribution >= 4 is 40.3 Å². The summed E-state index contributed by atoms with van der Waals surface area (Å²) < 4.78 is 13.8. The first-order valence-electron chi connectivity index (χ1n) is 11.8. The Bertz CT molecular complexity index is 1280. The van der Waals surface area contributed by atoms with Crippen LogP contribution in [0, 0.1) is 6.92 Å². The van der Waals surface area contributed by atoms with Crippen LogP contribution in [0.25, 0.3) is 23.0 Å². The van der Waals surface area contributed by atoms with E-state index in [1.165, 1.54) is 11.8 Å². The van der Waals surface area contributed by atoms with Gasteiger partial charge in [0.05, 0.1) is 29.8 Å². The number of rotatable bonds is 7. The van der Waals surface area contributed by atoms with E-state index in [9.17, 15) is 4.79 Å². The zero-order chi connectivity index (χ0) is 24.4. The molecule has 180 valence electrons. The van der Waals surface area contributed by atoms with Crippen molar-refractivity contribution in [3.05, 3.63) is 70.8 Å². The smallest absolute Gasteiger partial charge is 0.266 e. The quantitative estimate of drug-likeness (QED) is 0.307. The molecular weight excluding hydrogens is 478 g/mol. The van der Waals surface area contributed by atoms with Gasteiger partial charge in [0, 0.05) is 23.9 Å². The van der Waals surface area contributed by atoms with Crippen LogP contribution < -0.4 is 4.74 Å². The van der Waals surface area contributed by atoms with E-state index in [4.69, 9.17) is 26.8 Å². The van der Waals surface area contributed by atoms with E-state index in [1.54, 1.807) is 4.90 Å². The Hall–Kier alpha value is -2.94. The topological polar surface area (TPSA) is 56.6 Å². The fraction of sp³-hybridized carbons (Fsp3) is 0.296. The molecule has 1 amide bonds. The van der Waals surface area contributed by atoms with E-state index >= 15 is 0 Å². The van der Waals surface area contributed by atoms with E-state index < -0.39 is 0 Å². The molecule has 1 atom stereocenters. The second-order valence-electron chi connectivity index (χ2n) is 8.55. The summed E-state index contributed by atoms with van der Waals surface area (Å²) in [5.74, 6) is 0.755. The first-order valence-corrected chi connectivity index (χ1v) is 13.0. The third kappa shape index (κ3) is 5.05. The fourth-order valence-electron chi connectivity index (χ4n) is 4.36. The molecule has 35 heavy (non-hydrogen) atoms. The van der Waals surface area contributed by atoms with Crippen LogP contribution in [0.15, 0.2) is 59.6 Å². The minimum absolute atomic E-state index is 0.0553. The van der Waals surface area contributed by atoms with Crippen LogP contribution in [0.5, 0.6) is 5.75 Å². The molecule has 2 aromatic carbocycles. The zero-order valence-corrected chi connectivity index (χ0v) is 21.4. The Kier molecular flexibility index (Phi) is 7.04. The highest BCUT2D eigenvalue weighted by molar-refractivity contribution is 8.26. The number of para-hydroxylation sites is 1. The van der Waals surface area contributed by atoms with Crippen molar-refractivity contribution in [2.24, 2.45) is 0 Å². The number of nitrogens with zero attached hydrogens (tertiary/aromatic N) is 3. The van der Waals surface area contributed by atoms with Crippen LogP contribution in [0.4, 0.5) is 0 Å². The van der Waals surface area contributed by atoms with Gasteiger partial charge in [0.1, 0.15) is 15.8 Å². The predicted molar refractivity (Wildman–Crippen MR) is 144 cm³/mol. The predicted octanol–water partition coefficient (Wildman–Crippen LogP) is 5.63. The monoisotopic (exact) mass is 505 g/mol.